The normalized spacial score (nSPS) is 10.8. The summed E-state index contributed by atoms with van der Waals surface area (Å²) in [5, 5.41) is 4.41. The van der Waals surface area contributed by atoms with Crippen LogP contribution in [0.2, 0.25) is 0 Å². The van der Waals surface area contributed by atoms with Crippen LogP contribution in [0.4, 0.5) is 0 Å². The van der Waals surface area contributed by atoms with E-state index in [4.69, 9.17) is 0 Å². The number of methoxy groups -OCH3 is 2. The van der Waals surface area contributed by atoms with Gasteiger partial charge in [0.2, 0.25) is 0 Å². The molecule has 0 unspecified atom stereocenters. The molecule has 0 radical (unpaired) electrons. The number of aromatic nitrogens is 2. The van der Waals surface area contributed by atoms with Crippen molar-refractivity contribution in [2.45, 2.75) is 33.2 Å². The highest BCUT2D eigenvalue weighted by molar-refractivity contribution is 5.70. The standard InChI is InChI=1S/C15H25N3O4/c1-12-11-13(2)18(16-12)10-9-17(7-5-14(19)21-3)8-6-15(20)22-4/h11H,5-10H2,1-4H3. The van der Waals surface area contributed by atoms with Crippen LogP contribution in [-0.2, 0) is 25.6 Å². The second-order valence-corrected chi connectivity index (χ2v) is 5.14. The van der Waals surface area contributed by atoms with Gasteiger partial charge in [0.05, 0.1) is 39.3 Å². The van der Waals surface area contributed by atoms with Crippen LogP contribution in [0.1, 0.15) is 24.2 Å². The first-order chi connectivity index (χ1) is 10.5. The van der Waals surface area contributed by atoms with Gasteiger partial charge in [-0.15, -0.1) is 0 Å². The highest BCUT2D eigenvalue weighted by Gasteiger charge is 2.12. The van der Waals surface area contributed by atoms with Gasteiger partial charge in [0.1, 0.15) is 0 Å². The zero-order valence-corrected chi connectivity index (χ0v) is 13.8. The van der Waals surface area contributed by atoms with Crippen molar-refractivity contribution >= 4 is 11.9 Å². The number of esters is 2. The van der Waals surface area contributed by atoms with Crippen molar-refractivity contribution < 1.29 is 19.1 Å². The lowest BCUT2D eigenvalue weighted by molar-refractivity contribution is -0.141. The second kappa shape index (κ2) is 9.19. The Morgan fingerprint density at radius 1 is 1.09 bits per heavy atom. The third kappa shape index (κ3) is 6.26. The van der Waals surface area contributed by atoms with E-state index in [9.17, 15) is 9.59 Å². The Labute approximate surface area is 131 Å². The second-order valence-electron chi connectivity index (χ2n) is 5.14. The number of carbonyl (C=O) groups excluding carboxylic acids is 2. The van der Waals surface area contributed by atoms with Crippen LogP contribution < -0.4 is 0 Å². The van der Waals surface area contributed by atoms with Crippen molar-refractivity contribution in [3.63, 3.8) is 0 Å². The number of rotatable bonds is 9. The molecule has 0 atom stereocenters. The molecule has 22 heavy (non-hydrogen) atoms. The van der Waals surface area contributed by atoms with E-state index in [-0.39, 0.29) is 11.9 Å². The fraction of sp³-hybridized carbons (Fsp3) is 0.667. The van der Waals surface area contributed by atoms with Crippen molar-refractivity contribution in [3.05, 3.63) is 17.5 Å². The van der Waals surface area contributed by atoms with E-state index in [0.29, 0.717) is 39.0 Å². The predicted molar refractivity (Wildman–Crippen MR) is 81.4 cm³/mol. The van der Waals surface area contributed by atoms with Crippen LogP contribution in [-0.4, -0.2) is 60.5 Å². The maximum absolute atomic E-state index is 11.3. The van der Waals surface area contributed by atoms with E-state index in [1.165, 1.54) is 14.2 Å². The van der Waals surface area contributed by atoms with Gasteiger partial charge in [-0.1, -0.05) is 0 Å². The Morgan fingerprint density at radius 3 is 2.05 bits per heavy atom. The van der Waals surface area contributed by atoms with E-state index in [2.05, 4.69) is 14.6 Å². The summed E-state index contributed by atoms with van der Waals surface area (Å²) in [7, 11) is 2.74. The Bertz CT molecular complexity index is 479. The molecule has 7 heteroatoms. The number of nitrogens with zero attached hydrogens (tertiary/aromatic N) is 3. The van der Waals surface area contributed by atoms with Crippen molar-refractivity contribution in [3.8, 4) is 0 Å². The molecule has 1 aromatic rings. The minimum absolute atomic E-state index is 0.255. The van der Waals surface area contributed by atoms with Crippen LogP contribution in [0, 0.1) is 13.8 Å². The predicted octanol–water partition coefficient (Wildman–Crippen LogP) is 0.928. The fourth-order valence-corrected chi connectivity index (χ4v) is 2.18. The van der Waals surface area contributed by atoms with E-state index >= 15 is 0 Å². The molecule has 1 aromatic heterocycles. The molecule has 0 aliphatic heterocycles. The molecule has 0 spiro atoms. The van der Waals surface area contributed by atoms with Gasteiger partial charge in [0.25, 0.3) is 0 Å². The van der Waals surface area contributed by atoms with Crippen LogP contribution in [0.25, 0.3) is 0 Å². The molecule has 1 rings (SSSR count). The SMILES string of the molecule is COC(=O)CCN(CCC(=O)OC)CCn1nc(C)cc1C. The zero-order chi connectivity index (χ0) is 16.5. The van der Waals surface area contributed by atoms with Crippen LogP contribution in [0.5, 0.6) is 0 Å². The lowest BCUT2D eigenvalue weighted by Gasteiger charge is -2.21. The van der Waals surface area contributed by atoms with Crippen LogP contribution in [0.15, 0.2) is 6.07 Å². The summed E-state index contributed by atoms with van der Waals surface area (Å²) < 4.78 is 11.2. The molecule has 0 amide bonds. The first-order valence-corrected chi connectivity index (χ1v) is 7.33. The van der Waals surface area contributed by atoms with Crippen molar-refractivity contribution in [1.29, 1.82) is 0 Å². The monoisotopic (exact) mass is 311 g/mol. The quantitative estimate of drug-likeness (QED) is 0.632. The minimum atomic E-state index is -0.255. The number of hydrogen-bond acceptors (Lipinski definition) is 6. The fourth-order valence-electron chi connectivity index (χ4n) is 2.18. The molecule has 0 N–H and O–H groups in total. The number of carbonyl (C=O) groups is 2. The average molecular weight is 311 g/mol. The van der Waals surface area contributed by atoms with Gasteiger partial charge in [0, 0.05) is 25.3 Å². The van der Waals surface area contributed by atoms with Crippen molar-refractivity contribution in [2.75, 3.05) is 33.9 Å². The van der Waals surface area contributed by atoms with E-state index in [0.717, 1.165) is 11.4 Å². The third-order valence-corrected chi connectivity index (χ3v) is 3.45. The summed E-state index contributed by atoms with van der Waals surface area (Å²) >= 11 is 0. The summed E-state index contributed by atoms with van der Waals surface area (Å²) in [6, 6.07) is 2.02. The van der Waals surface area contributed by atoms with Gasteiger partial charge in [-0.2, -0.15) is 5.10 Å². The summed E-state index contributed by atoms with van der Waals surface area (Å²) in [5.74, 6) is -0.511. The van der Waals surface area contributed by atoms with Gasteiger partial charge in [0.15, 0.2) is 0 Å². The van der Waals surface area contributed by atoms with Gasteiger partial charge in [-0.3, -0.25) is 14.3 Å². The smallest absolute Gasteiger partial charge is 0.306 e. The lowest BCUT2D eigenvalue weighted by atomic mass is 10.3. The first-order valence-electron chi connectivity index (χ1n) is 7.33. The first kappa shape index (κ1) is 18.2. The Hall–Kier alpha value is -1.89. The largest absolute Gasteiger partial charge is 0.469 e. The van der Waals surface area contributed by atoms with Gasteiger partial charge < -0.3 is 14.4 Å². The topological polar surface area (TPSA) is 73.7 Å². The molecule has 0 aliphatic rings. The van der Waals surface area contributed by atoms with Crippen molar-refractivity contribution in [1.82, 2.24) is 14.7 Å². The molecule has 7 nitrogen and oxygen atoms in total. The van der Waals surface area contributed by atoms with Crippen molar-refractivity contribution in [2.24, 2.45) is 0 Å². The van der Waals surface area contributed by atoms with Crippen LogP contribution in [0.3, 0.4) is 0 Å². The van der Waals surface area contributed by atoms with Crippen LogP contribution >= 0.6 is 0 Å². The maximum atomic E-state index is 11.3. The van der Waals surface area contributed by atoms with E-state index < -0.39 is 0 Å². The highest BCUT2D eigenvalue weighted by Crippen LogP contribution is 2.03. The molecular weight excluding hydrogens is 286 g/mol. The lowest BCUT2D eigenvalue weighted by Crippen LogP contribution is -2.32. The van der Waals surface area contributed by atoms with E-state index in [1.54, 1.807) is 0 Å². The summed E-state index contributed by atoms with van der Waals surface area (Å²) in [4.78, 5) is 24.6. The maximum Gasteiger partial charge on any atom is 0.306 e. The van der Waals surface area contributed by atoms with Gasteiger partial charge in [-0.25, -0.2) is 0 Å². The molecule has 0 fully saturated rings. The molecule has 124 valence electrons. The number of aryl methyl sites for hydroxylation is 2. The molecule has 0 aromatic carbocycles. The molecular formula is C15H25N3O4. The molecule has 0 saturated heterocycles. The Morgan fingerprint density at radius 2 is 1.64 bits per heavy atom. The molecule has 0 aliphatic carbocycles. The van der Waals surface area contributed by atoms with Gasteiger partial charge >= 0.3 is 11.9 Å². The zero-order valence-electron chi connectivity index (χ0n) is 13.8. The third-order valence-electron chi connectivity index (χ3n) is 3.45. The Balaban J connectivity index is 2.53. The summed E-state index contributed by atoms with van der Waals surface area (Å²) in [6.45, 7) is 6.47. The number of ether oxygens (including phenoxy) is 2. The molecule has 0 bridgehead atoms. The average Bonchev–Trinajstić information content (AvgIpc) is 2.83. The highest BCUT2D eigenvalue weighted by atomic mass is 16.5. The molecule has 0 saturated carbocycles. The minimum Gasteiger partial charge on any atom is -0.469 e. The van der Waals surface area contributed by atoms with E-state index in [1.807, 2.05) is 29.5 Å². The summed E-state index contributed by atoms with van der Waals surface area (Å²) in [6.07, 6.45) is 0.601. The summed E-state index contributed by atoms with van der Waals surface area (Å²) in [5.41, 5.74) is 2.08. The molecule has 1 heterocycles. The Kier molecular flexibility index (Phi) is 7.59. The number of hydrogen-bond donors (Lipinski definition) is 0. The van der Waals surface area contributed by atoms with Gasteiger partial charge in [-0.05, 0) is 19.9 Å².